The lowest BCUT2D eigenvalue weighted by Gasteiger charge is -2.10. The fourth-order valence-corrected chi connectivity index (χ4v) is 1.64. The van der Waals surface area contributed by atoms with Crippen LogP contribution in [0.4, 0.5) is 13.2 Å². The van der Waals surface area contributed by atoms with Crippen LogP contribution in [0.25, 0.3) is 0 Å². The molecule has 0 bridgehead atoms. The van der Waals surface area contributed by atoms with Crippen LogP contribution in [0.2, 0.25) is 0 Å². The molecule has 0 unspecified atom stereocenters. The molecular formula is C6H7F3O2S. The highest BCUT2D eigenvalue weighted by Gasteiger charge is 2.52. The normalized spacial score (nSPS) is 20.6. The second kappa shape index (κ2) is 2.83. The van der Waals surface area contributed by atoms with Gasteiger partial charge in [0, 0.05) is 5.75 Å². The first-order chi connectivity index (χ1) is 5.36. The average Bonchev–Trinajstić information content (AvgIpc) is 2.61. The van der Waals surface area contributed by atoms with Crippen molar-refractivity contribution < 1.29 is 23.1 Å². The van der Waals surface area contributed by atoms with Crippen LogP contribution in [0.15, 0.2) is 0 Å². The molecule has 6 heteroatoms. The molecule has 0 radical (unpaired) electrons. The first kappa shape index (κ1) is 9.70. The maximum absolute atomic E-state index is 11.6. The van der Waals surface area contributed by atoms with Gasteiger partial charge in [-0.05, 0) is 24.6 Å². The molecule has 0 saturated heterocycles. The standard InChI is InChI=1S/C6H7F3O2S/c7-6(8,9)12-3-5(1-2-5)4(10)11/h1-3H2,(H,10,11). The lowest BCUT2D eigenvalue weighted by Crippen LogP contribution is -2.19. The number of thioether (sulfide) groups is 1. The number of halogens is 3. The third-order valence-corrected chi connectivity index (χ3v) is 2.84. The van der Waals surface area contributed by atoms with Crippen LogP contribution in [0, 0.1) is 5.41 Å². The van der Waals surface area contributed by atoms with E-state index in [0.717, 1.165) is 0 Å². The Hall–Kier alpha value is -0.390. The van der Waals surface area contributed by atoms with E-state index in [4.69, 9.17) is 5.11 Å². The van der Waals surface area contributed by atoms with E-state index in [2.05, 4.69) is 0 Å². The van der Waals surface area contributed by atoms with Gasteiger partial charge in [0.15, 0.2) is 0 Å². The fraction of sp³-hybridized carbons (Fsp3) is 0.833. The van der Waals surface area contributed by atoms with Crippen molar-refractivity contribution in [2.75, 3.05) is 5.75 Å². The molecule has 0 amide bonds. The van der Waals surface area contributed by atoms with E-state index in [9.17, 15) is 18.0 Å². The van der Waals surface area contributed by atoms with Gasteiger partial charge in [0.1, 0.15) is 0 Å². The average molecular weight is 200 g/mol. The molecule has 1 N–H and O–H groups in total. The number of alkyl halides is 3. The van der Waals surface area contributed by atoms with Gasteiger partial charge in [0.25, 0.3) is 0 Å². The lowest BCUT2D eigenvalue weighted by molar-refractivity contribution is -0.142. The van der Waals surface area contributed by atoms with Crippen LogP contribution in [-0.2, 0) is 4.79 Å². The maximum Gasteiger partial charge on any atom is 0.441 e. The summed E-state index contributed by atoms with van der Waals surface area (Å²) in [5.41, 5.74) is -5.40. The molecule has 12 heavy (non-hydrogen) atoms. The van der Waals surface area contributed by atoms with Gasteiger partial charge in [-0.25, -0.2) is 0 Å². The lowest BCUT2D eigenvalue weighted by atomic mass is 10.1. The van der Waals surface area contributed by atoms with E-state index >= 15 is 0 Å². The summed E-state index contributed by atoms with van der Waals surface area (Å²) in [6.45, 7) is 0. The number of carboxylic acid groups (broad SMARTS) is 1. The van der Waals surface area contributed by atoms with Crippen molar-refractivity contribution >= 4 is 17.7 Å². The predicted octanol–water partition coefficient (Wildman–Crippen LogP) is 2.10. The van der Waals surface area contributed by atoms with Gasteiger partial charge in [0.05, 0.1) is 5.41 Å². The Morgan fingerprint density at radius 2 is 2.00 bits per heavy atom. The number of carbonyl (C=O) groups is 1. The molecule has 1 saturated carbocycles. The third kappa shape index (κ3) is 2.30. The van der Waals surface area contributed by atoms with Crippen molar-refractivity contribution in [3.05, 3.63) is 0 Å². The molecule has 0 atom stereocenters. The number of aliphatic carboxylic acids is 1. The van der Waals surface area contributed by atoms with E-state index in [-0.39, 0.29) is 17.5 Å². The monoisotopic (exact) mass is 200 g/mol. The zero-order valence-corrected chi connectivity index (χ0v) is 6.84. The van der Waals surface area contributed by atoms with E-state index in [1.54, 1.807) is 0 Å². The highest BCUT2D eigenvalue weighted by atomic mass is 32.2. The molecule has 70 valence electrons. The van der Waals surface area contributed by atoms with E-state index in [1.807, 2.05) is 0 Å². The Morgan fingerprint density at radius 3 is 2.25 bits per heavy atom. The van der Waals surface area contributed by atoms with Crippen LogP contribution in [0.1, 0.15) is 12.8 Å². The van der Waals surface area contributed by atoms with E-state index in [1.165, 1.54) is 0 Å². The molecular weight excluding hydrogens is 193 g/mol. The highest BCUT2D eigenvalue weighted by Crippen LogP contribution is 2.50. The summed E-state index contributed by atoms with van der Waals surface area (Å²) in [7, 11) is 0. The van der Waals surface area contributed by atoms with Crippen molar-refractivity contribution in [2.45, 2.75) is 18.3 Å². The first-order valence-corrected chi connectivity index (χ1v) is 4.28. The van der Waals surface area contributed by atoms with Gasteiger partial charge >= 0.3 is 11.5 Å². The van der Waals surface area contributed by atoms with Gasteiger partial charge in [-0.15, -0.1) is 0 Å². The van der Waals surface area contributed by atoms with E-state index < -0.39 is 16.9 Å². The smallest absolute Gasteiger partial charge is 0.441 e. The van der Waals surface area contributed by atoms with Gasteiger partial charge < -0.3 is 5.11 Å². The molecule has 1 aliphatic rings. The summed E-state index contributed by atoms with van der Waals surface area (Å²) in [4.78, 5) is 10.4. The Morgan fingerprint density at radius 1 is 1.50 bits per heavy atom. The molecule has 0 heterocycles. The summed E-state index contributed by atoms with van der Waals surface area (Å²) in [6, 6.07) is 0. The predicted molar refractivity (Wildman–Crippen MR) is 37.8 cm³/mol. The highest BCUT2D eigenvalue weighted by molar-refractivity contribution is 8.00. The van der Waals surface area contributed by atoms with Gasteiger partial charge in [-0.2, -0.15) is 13.2 Å². The quantitative estimate of drug-likeness (QED) is 0.758. The Labute approximate surface area is 71.1 Å². The minimum Gasteiger partial charge on any atom is -0.481 e. The third-order valence-electron chi connectivity index (χ3n) is 1.82. The number of rotatable bonds is 3. The SMILES string of the molecule is O=C(O)C1(CSC(F)(F)F)CC1. The fourth-order valence-electron chi connectivity index (χ4n) is 0.791. The maximum atomic E-state index is 11.6. The second-order valence-electron chi connectivity index (χ2n) is 2.82. The largest absolute Gasteiger partial charge is 0.481 e. The van der Waals surface area contributed by atoms with E-state index in [0.29, 0.717) is 12.8 Å². The van der Waals surface area contributed by atoms with Crippen molar-refractivity contribution in [1.29, 1.82) is 0 Å². The summed E-state index contributed by atoms with van der Waals surface area (Å²) < 4.78 is 34.9. The van der Waals surface area contributed by atoms with Crippen LogP contribution in [0.5, 0.6) is 0 Å². The molecule has 0 aliphatic heterocycles. The zero-order chi connectivity index (χ0) is 9.41. The van der Waals surface area contributed by atoms with Gasteiger partial charge in [-0.1, -0.05) is 0 Å². The van der Waals surface area contributed by atoms with Crippen molar-refractivity contribution in [3.8, 4) is 0 Å². The summed E-state index contributed by atoms with van der Waals surface area (Å²) in [6.07, 6.45) is 0.733. The molecule has 0 aromatic heterocycles. The van der Waals surface area contributed by atoms with Crippen molar-refractivity contribution in [2.24, 2.45) is 5.41 Å². The number of hydrogen-bond donors (Lipinski definition) is 1. The Bertz CT molecular complexity index is 197. The molecule has 0 aromatic rings. The van der Waals surface area contributed by atoms with Crippen LogP contribution < -0.4 is 0 Å². The van der Waals surface area contributed by atoms with Crippen LogP contribution in [0.3, 0.4) is 0 Å². The molecule has 1 rings (SSSR count). The molecule has 1 aliphatic carbocycles. The minimum absolute atomic E-state index is 0.249. The topological polar surface area (TPSA) is 37.3 Å². The second-order valence-corrected chi connectivity index (χ2v) is 3.86. The molecule has 0 aromatic carbocycles. The Kier molecular flexibility index (Phi) is 2.29. The summed E-state index contributed by atoms with van der Waals surface area (Å²) in [5.74, 6) is -1.47. The van der Waals surface area contributed by atoms with Gasteiger partial charge in [0.2, 0.25) is 0 Å². The molecule has 2 nitrogen and oxygen atoms in total. The number of hydrogen-bond acceptors (Lipinski definition) is 2. The van der Waals surface area contributed by atoms with Crippen molar-refractivity contribution in [3.63, 3.8) is 0 Å². The van der Waals surface area contributed by atoms with Crippen LogP contribution >= 0.6 is 11.8 Å². The Balaban J connectivity index is 2.37. The van der Waals surface area contributed by atoms with Crippen LogP contribution in [-0.4, -0.2) is 22.3 Å². The van der Waals surface area contributed by atoms with Gasteiger partial charge in [-0.3, -0.25) is 4.79 Å². The summed E-state index contributed by atoms with van der Waals surface area (Å²) in [5, 5.41) is 8.52. The zero-order valence-electron chi connectivity index (χ0n) is 6.02. The summed E-state index contributed by atoms with van der Waals surface area (Å²) >= 11 is -0.249. The van der Waals surface area contributed by atoms with Crippen molar-refractivity contribution in [1.82, 2.24) is 0 Å². The number of carboxylic acids is 1. The molecule has 1 fully saturated rings. The first-order valence-electron chi connectivity index (χ1n) is 3.30. The minimum atomic E-state index is -4.31. The molecule has 0 spiro atoms.